The van der Waals surface area contributed by atoms with E-state index in [0.29, 0.717) is 30.3 Å². The van der Waals surface area contributed by atoms with Gasteiger partial charge in [-0.3, -0.25) is 4.79 Å². The maximum Gasteiger partial charge on any atom is 0.171 e. The summed E-state index contributed by atoms with van der Waals surface area (Å²) < 4.78 is 10.9. The van der Waals surface area contributed by atoms with E-state index in [1.807, 2.05) is 6.92 Å². The maximum absolute atomic E-state index is 10.9. The van der Waals surface area contributed by atoms with E-state index in [2.05, 4.69) is 6.58 Å². The van der Waals surface area contributed by atoms with Crippen LogP contribution in [0.1, 0.15) is 23.7 Å². The van der Waals surface area contributed by atoms with Crippen LogP contribution in [-0.4, -0.2) is 19.5 Å². The molecule has 0 saturated carbocycles. The van der Waals surface area contributed by atoms with E-state index in [-0.39, 0.29) is 0 Å². The van der Waals surface area contributed by atoms with Crippen molar-refractivity contribution in [2.75, 3.05) is 13.2 Å². The van der Waals surface area contributed by atoms with Crippen LogP contribution in [0.4, 0.5) is 0 Å². The van der Waals surface area contributed by atoms with Gasteiger partial charge < -0.3 is 9.47 Å². The van der Waals surface area contributed by atoms with Crippen LogP contribution < -0.4 is 9.47 Å². The largest absolute Gasteiger partial charge is 0.490 e. The predicted octanol–water partition coefficient (Wildman–Crippen LogP) is 2.85. The summed E-state index contributed by atoms with van der Waals surface area (Å²) in [5, 5.41) is 0. The minimum atomic E-state index is 0.494. The molecule has 1 aromatic rings. The zero-order chi connectivity index (χ0) is 11.8. The first-order valence-corrected chi connectivity index (χ1v) is 5.28. The third-order valence-corrected chi connectivity index (χ3v) is 2.00. The molecule has 0 aliphatic rings. The molecule has 0 aliphatic heterocycles. The van der Waals surface area contributed by atoms with Gasteiger partial charge in [0.1, 0.15) is 0 Å². The number of benzene rings is 1. The zero-order valence-electron chi connectivity index (χ0n) is 9.44. The van der Waals surface area contributed by atoms with Crippen molar-refractivity contribution in [3.8, 4) is 11.5 Å². The molecule has 0 bridgehead atoms. The molecule has 0 N–H and O–H groups in total. The average Bonchev–Trinajstić information content (AvgIpc) is 2.31. The van der Waals surface area contributed by atoms with Crippen LogP contribution in [0.3, 0.4) is 0 Å². The molecule has 86 valence electrons. The first-order chi connectivity index (χ1) is 7.83. The summed E-state index contributed by atoms with van der Waals surface area (Å²) in [6.45, 7) is 6.54. The van der Waals surface area contributed by atoms with Crippen molar-refractivity contribution in [3.63, 3.8) is 0 Å². The van der Waals surface area contributed by atoms with E-state index in [0.717, 1.165) is 12.7 Å². The summed E-state index contributed by atoms with van der Waals surface area (Å²) >= 11 is 0. The topological polar surface area (TPSA) is 35.5 Å². The van der Waals surface area contributed by atoms with Crippen molar-refractivity contribution in [3.05, 3.63) is 36.4 Å². The SMILES string of the molecule is C=CCCOc1c(C=O)cccc1OCC. The Labute approximate surface area is 95.7 Å². The van der Waals surface area contributed by atoms with Gasteiger partial charge in [0.2, 0.25) is 0 Å². The van der Waals surface area contributed by atoms with Gasteiger partial charge in [-0.25, -0.2) is 0 Å². The second kappa shape index (κ2) is 6.67. The van der Waals surface area contributed by atoms with Crippen LogP contribution in [0, 0.1) is 0 Å². The van der Waals surface area contributed by atoms with Crippen molar-refractivity contribution in [2.45, 2.75) is 13.3 Å². The minimum Gasteiger partial charge on any atom is -0.490 e. The molecule has 3 heteroatoms. The summed E-state index contributed by atoms with van der Waals surface area (Å²) in [5.74, 6) is 1.12. The Morgan fingerprint density at radius 3 is 2.81 bits per heavy atom. The molecule has 1 rings (SSSR count). The normalized spacial score (nSPS) is 9.56. The Kier molecular flexibility index (Phi) is 5.12. The first kappa shape index (κ1) is 12.3. The van der Waals surface area contributed by atoms with Crippen LogP contribution in [0.15, 0.2) is 30.9 Å². The smallest absolute Gasteiger partial charge is 0.171 e. The molecular formula is C13H16O3. The van der Waals surface area contributed by atoms with Crippen molar-refractivity contribution < 1.29 is 14.3 Å². The van der Waals surface area contributed by atoms with Crippen molar-refractivity contribution >= 4 is 6.29 Å². The highest BCUT2D eigenvalue weighted by atomic mass is 16.5. The molecule has 0 radical (unpaired) electrons. The van der Waals surface area contributed by atoms with Crippen LogP contribution in [0.5, 0.6) is 11.5 Å². The number of hydrogen-bond donors (Lipinski definition) is 0. The molecule has 0 aliphatic carbocycles. The highest BCUT2D eigenvalue weighted by Crippen LogP contribution is 2.30. The van der Waals surface area contributed by atoms with Gasteiger partial charge in [-0.2, -0.15) is 0 Å². The number of hydrogen-bond acceptors (Lipinski definition) is 3. The molecule has 0 atom stereocenters. The zero-order valence-corrected chi connectivity index (χ0v) is 9.44. The molecule has 0 fully saturated rings. The third-order valence-electron chi connectivity index (χ3n) is 2.00. The maximum atomic E-state index is 10.9. The molecule has 3 nitrogen and oxygen atoms in total. The fourth-order valence-electron chi connectivity index (χ4n) is 1.29. The monoisotopic (exact) mass is 220 g/mol. The fourth-order valence-corrected chi connectivity index (χ4v) is 1.29. The summed E-state index contributed by atoms with van der Waals surface area (Å²) in [6, 6.07) is 5.27. The second-order valence-corrected chi connectivity index (χ2v) is 3.15. The molecular weight excluding hydrogens is 204 g/mol. The minimum absolute atomic E-state index is 0.494. The van der Waals surface area contributed by atoms with Crippen LogP contribution in [-0.2, 0) is 0 Å². The van der Waals surface area contributed by atoms with Gasteiger partial charge in [0.25, 0.3) is 0 Å². The first-order valence-electron chi connectivity index (χ1n) is 5.28. The van der Waals surface area contributed by atoms with Gasteiger partial charge in [0.15, 0.2) is 17.8 Å². The summed E-state index contributed by atoms with van der Waals surface area (Å²) in [4.78, 5) is 10.9. The average molecular weight is 220 g/mol. The molecule has 0 amide bonds. The molecule has 0 heterocycles. The van der Waals surface area contributed by atoms with Crippen LogP contribution >= 0.6 is 0 Å². The number of rotatable bonds is 7. The van der Waals surface area contributed by atoms with Crippen molar-refractivity contribution in [2.24, 2.45) is 0 Å². The number of aldehydes is 1. The van der Waals surface area contributed by atoms with E-state index in [1.165, 1.54) is 0 Å². The van der Waals surface area contributed by atoms with E-state index in [4.69, 9.17) is 9.47 Å². The van der Waals surface area contributed by atoms with Crippen LogP contribution in [0.2, 0.25) is 0 Å². The Morgan fingerprint density at radius 2 is 2.19 bits per heavy atom. The summed E-state index contributed by atoms with van der Waals surface area (Å²) in [6.07, 6.45) is 3.27. The lowest BCUT2D eigenvalue weighted by Gasteiger charge is -2.12. The lowest BCUT2D eigenvalue weighted by atomic mass is 10.2. The second-order valence-electron chi connectivity index (χ2n) is 3.15. The van der Waals surface area contributed by atoms with E-state index in [1.54, 1.807) is 24.3 Å². The van der Waals surface area contributed by atoms with Gasteiger partial charge in [-0.15, -0.1) is 6.58 Å². The third kappa shape index (κ3) is 3.12. The lowest BCUT2D eigenvalue weighted by molar-refractivity contribution is 0.111. The number of carbonyl (C=O) groups is 1. The molecule has 1 aromatic carbocycles. The number of ether oxygens (including phenoxy) is 2. The quantitative estimate of drug-likeness (QED) is 0.402. The van der Waals surface area contributed by atoms with Gasteiger partial charge >= 0.3 is 0 Å². The predicted molar refractivity (Wildman–Crippen MR) is 63.3 cm³/mol. The van der Waals surface area contributed by atoms with Gasteiger partial charge in [0, 0.05) is 0 Å². The van der Waals surface area contributed by atoms with E-state index < -0.39 is 0 Å². The summed E-state index contributed by atoms with van der Waals surface area (Å²) in [5.41, 5.74) is 0.509. The van der Waals surface area contributed by atoms with Crippen molar-refractivity contribution in [1.29, 1.82) is 0 Å². The van der Waals surface area contributed by atoms with Gasteiger partial charge in [0.05, 0.1) is 18.8 Å². The highest BCUT2D eigenvalue weighted by Gasteiger charge is 2.09. The van der Waals surface area contributed by atoms with Crippen molar-refractivity contribution in [1.82, 2.24) is 0 Å². The molecule has 16 heavy (non-hydrogen) atoms. The Hall–Kier alpha value is -1.77. The molecule has 0 unspecified atom stereocenters. The van der Waals surface area contributed by atoms with Crippen LogP contribution in [0.25, 0.3) is 0 Å². The molecule has 0 aromatic heterocycles. The standard InChI is InChI=1S/C13H16O3/c1-3-5-9-16-13-11(10-14)7-6-8-12(13)15-4-2/h3,6-8,10H,1,4-5,9H2,2H3. The van der Waals surface area contributed by atoms with E-state index >= 15 is 0 Å². The summed E-state index contributed by atoms with van der Waals surface area (Å²) in [7, 11) is 0. The Bertz CT molecular complexity index is 358. The Balaban J connectivity index is 2.89. The number of para-hydroxylation sites is 1. The number of carbonyl (C=O) groups excluding carboxylic acids is 1. The molecule has 0 saturated heterocycles. The van der Waals surface area contributed by atoms with Gasteiger partial charge in [-0.05, 0) is 25.5 Å². The van der Waals surface area contributed by atoms with E-state index in [9.17, 15) is 4.79 Å². The molecule has 0 spiro atoms. The van der Waals surface area contributed by atoms with Gasteiger partial charge in [-0.1, -0.05) is 12.1 Å². The lowest BCUT2D eigenvalue weighted by Crippen LogP contribution is -2.02. The highest BCUT2D eigenvalue weighted by molar-refractivity contribution is 5.81. The Morgan fingerprint density at radius 1 is 1.38 bits per heavy atom. The fraction of sp³-hybridized carbons (Fsp3) is 0.308.